The molecule has 0 aliphatic rings. The van der Waals surface area contributed by atoms with Crippen molar-refractivity contribution >= 4 is 24.5 Å². The number of aromatic amines is 1. The van der Waals surface area contributed by atoms with Crippen LogP contribution in [-0.4, -0.2) is 26.1 Å². The minimum absolute atomic E-state index is 0.418. The third-order valence-electron chi connectivity index (χ3n) is 2.86. The average molecular weight is 311 g/mol. The molecule has 0 unspecified atom stereocenters. The van der Waals surface area contributed by atoms with Crippen molar-refractivity contribution in [2.75, 3.05) is 0 Å². The summed E-state index contributed by atoms with van der Waals surface area (Å²) in [6.45, 7) is 1.93. The summed E-state index contributed by atoms with van der Waals surface area (Å²) in [7, 11) is 0. The summed E-state index contributed by atoms with van der Waals surface area (Å²) in [5, 5.41) is 11.3. The van der Waals surface area contributed by atoms with Gasteiger partial charge < -0.3 is 4.42 Å². The molecule has 1 N–H and O–H groups in total. The first-order valence-electron chi connectivity index (χ1n) is 6.58. The highest BCUT2D eigenvalue weighted by Crippen LogP contribution is 2.15. The Hall–Kier alpha value is -2.80. The lowest BCUT2D eigenvalue weighted by atomic mass is 10.3. The van der Waals surface area contributed by atoms with Crippen molar-refractivity contribution in [3.8, 4) is 11.4 Å². The highest BCUT2D eigenvalue weighted by Gasteiger charge is 2.07. The Kier molecular flexibility index (Phi) is 4.06. The smallest absolute Gasteiger partial charge is 0.216 e. The number of hydrogen-bond acceptors (Lipinski definition) is 5. The van der Waals surface area contributed by atoms with Gasteiger partial charge in [-0.2, -0.15) is 14.9 Å². The molecule has 0 aliphatic carbocycles. The van der Waals surface area contributed by atoms with Crippen LogP contribution in [0.3, 0.4) is 0 Å². The molecule has 22 heavy (non-hydrogen) atoms. The lowest BCUT2D eigenvalue weighted by molar-refractivity contribution is 0.557. The van der Waals surface area contributed by atoms with Gasteiger partial charge in [0.2, 0.25) is 4.77 Å². The predicted molar refractivity (Wildman–Crippen MR) is 86.9 cm³/mol. The molecular formula is C15H13N5OS. The maximum absolute atomic E-state index is 5.27. The zero-order valence-electron chi connectivity index (χ0n) is 11.8. The van der Waals surface area contributed by atoms with E-state index in [1.54, 1.807) is 29.5 Å². The molecular weight excluding hydrogens is 298 g/mol. The fourth-order valence-electron chi connectivity index (χ4n) is 1.86. The van der Waals surface area contributed by atoms with E-state index in [0.717, 1.165) is 16.9 Å². The molecule has 0 saturated carbocycles. The Labute approximate surface area is 131 Å². The third-order valence-corrected chi connectivity index (χ3v) is 3.12. The van der Waals surface area contributed by atoms with Gasteiger partial charge in [-0.25, -0.2) is 5.10 Å². The number of furan rings is 1. The van der Waals surface area contributed by atoms with Crippen LogP contribution in [0.1, 0.15) is 12.7 Å². The molecule has 0 saturated heterocycles. The number of hydrogen-bond donors (Lipinski definition) is 1. The molecule has 3 heterocycles. The van der Waals surface area contributed by atoms with Crippen LogP contribution < -0.4 is 0 Å². The van der Waals surface area contributed by atoms with Gasteiger partial charge in [-0.15, -0.1) is 0 Å². The van der Waals surface area contributed by atoms with Crippen LogP contribution >= 0.6 is 12.2 Å². The molecule has 110 valence electrons. The van der Waals surface area contributed by atoms with E-state index in [4.69, 9.17) is 16.6 Å². The summed E-state index contributed by atoms with van der Waals surface area (Å²) in [5.41, 5.74) is 1.76. The molecule has 7 heteroatoms. The van der Waals surface area contributed by atoms with Crippen molar-refractivity contribution in [2.24, 2.45) is 5.10 Å². The molecule has 0 aliphatic heterocycles. The normalized spacial score (nSPS) is 12.1. The van der Waals surface area contributed by atoms with Crippen molar-refractivity contribution in [2.45, 2.75) is 6.92 Å². The minimum atomic E-state index is 0.418. The highest BCUT2D eigenvalue weighted by molar-refractivity contribution is 7.71. The van der Waals surface area contributed by atoms with Crippen molar-refractivity contribution < 1.29 is 4.42 Å². The van der Waals surface area contributed by atoms with Crippen LogP contribution in [-0.2, 0) is 0 Å². The van der Waals surface area contributed by atoms with Crippen molar-refractivity contribution in [3.05, 3.63) is 59.0 Å². The van der Waals surface area contributed by atoms with Crippen LogP contribution in [0.25, 0.3) is 17.5 Å². The van der Waals surface area contributed by atoms with Crippen molar-refractivity contribution in [1.29, 1.82) is 0 Å². The van der Waals surface area contributed by atoms with E-state index >= 15 is 0 Å². The largest absolute Gasteiger partial charge is 0.465 e. The van der Waals surface area contributed by atoms with Gasteiger partial charge in [0.1, 0.15) is 5.76 Å². The molecule has 6 nitrogen and oxygen atoms in total. The maximum atomic E-state index is 5.27. The molecule has 0 spiro atoms. The maximum Gasteiger partial charge on any atom is 0.216 e. The number of rotatable bonds is 4. The second kappa shape index (κ2) is 6.31. The topological polar surface area (TPSA) is 72.0 Å². The fourth-order valence-corrected chi connectivity index (χ4v) is 2.04. The van der Waals surface area contributed by atoms with Crippen LogP contribution in [0.5, 0.6) is 0 Å². The predicted octanol–water partition coefficient (Wildman–Crippen LogP) is 3.53. The standard InChI is InChI=1S/C15H13N5OS/c1-11(8-13-5-3-7-21-13)9-17-20-14(18-19-15(20)22)12-4-2-6-16-10-12/h2-10H,1H3,(H,19,22)/b11-8-,17-9+. The molecule has 3 aromatic rings. The molecule has 3 aromatic heterocycles. The van der Waals surface area contributed by atoms with Crippen LogP contribution in [0.4, 0.5) is 0 Å². The Morgan fingerprint density at radius 2 is 2.32 bits per heavy atom. The first-order valence-corrected chi connectivity index (χ1v) is 6.99. The number of aromatic nitrogens is 4. The average Bonchev–Trinajstić information content (AvgIpc) is 3.16. The molecule has 0 aromatic carbocycles. The number of allylic oxidation sites excluding steroid dienone is 1. The van der Waals surface area contributed by atoms with Crippen LogP contribution in [0, 0.1) is 4.77 Å². The van der Waals surface area contributed by atoms with Gasteiger partial charge in [0, 0.05) is 18.0 Å². The number of H-pyrrole nitrogens is 1. The summed E-state index contributed by atoms with van der Waals surface area (Å²) in [6.07, 6.45) is 8.63. The summed E-state index contributed by atoms with van der Waals surface area (Å²) in [5.74, 6) is 1.38. The quantitative estimate of drug-likeness (QED) is 0.591. The number of nitrogens with zero attached hydrogens (tertiary/aromatic N) is 4. The Morgan fingerprint density at radius 3 is 3.05 bits per heavy atom. The van der Waals surface area contributed by atoms with Gasteiger partial charge in [-0.05, 0) is 55.1 Å². The Balaban J connectivity index is 1.91. The van der Waals surface area contributed by atoms with Crippen molar-refractivity contribution in [3.63, 3.8) is 0 Å². The second-order valence-corrected chi connectivity index (χ2v) is 4.94. The zero-order chi connectivity index (χ0) is 15.4. The highest BCUT2D eigenvalue weighted by atomic mass is 32.1. The number of nitrogens with one attached hydrogen (secondary N) is 1. The van der Waals surface area contributed by atoms with Gasteiger partial charge in [0.05, 0.1) is 12.5 Å². The lowest BCUT2D eigenvalue weighted by Crippen LogP contribution is -1.95. The SMILES string of the molecule is CC(=C/c1ccco1)/C=N/n1c(-c2cccnc2)n[nH]c1=S. The molecule has 0 atom stereocenters. The van der Waals surface area contributed by atoms with Gasteiger partial charge in [-0.1, -0.05) is 0 Å². The van der Waals surface area contributed by atoms with Crippen LogP contribution in [0.15, 0.2) is 58.0 Å². The summed E-state index contributed by atoms with van der Waals surface area (Å²) in [6, 6.07) is 7.45. The van der Waals surface area contributed by atoms with Gasteiger partial charge in [0.15, 0.2) is 5.82 Å². The fraction of sp³-hybridized carbons (Fsp3) is 0.0667. The lowest BCUT2D eigenvalue weighted by Gasteiger charge is -1.99. The molecule has 3 rings (SSSR count). The summed E-state index contributed by atoms with van der Waals surface area (Å²) >= 11 is 5.21. The molecule has 0 fully saturated rings. The van der Waals surface area contributed by atoms with E-state index in [2.05, 4.69) is 20.3 Å². The molecule has 0 bridgehead atoms. The molecule has 0 radical (unpaired) electrons. The van der Waals surface area contributed by atoms with E-state index in [9.17, 15) is 0 Å². The Morgan fingerprint density at radius 1 is 1.41 bits per heavy atom. The monoisotopic (exact) mass is 311 g/mol. The van der Waals surface area contributed by atoms with Gasteiger partial charge >= 0.3 is 0 Å². The van der Waals surface area contributed by atoms with E-state index in [-0.39, 0.29) is 0 Å². The third kappa shape index (κ3) is 3.09. The Bertz CT molecular complexity index is 859. The van der Waals surface area contributed by atoms with E-state index in [0.29, 0.717) is 10.6 Å². The van der Waals surface area contributed by atoms with E-state index in [1.165, 1.54) is 0 Å². The van der Waals surface area contributed by atoms with Crippen molar-refractivity contribution in [1.82, 2.24) is 19.9 Å². The second-order valence-electron chi connectivity index (χ2n) is 4.55. The summed E-state index contributed by atoms with van der Waals surface area (Å²) < 4.78 is 7.24. The van der Waals surface area contributed by atoms with Gasteiger partial charge in [0.25, 0.3) is 0 Å². The minimum Gasteiger partial charge on any atom is -0.465 e. The number of pyridine rings is 1. The zero-order valence-corrected chi connectivity index (χ0v) is 12.6. The first kappa shape index (κ1) is 14.2. The first-order chi connectivity index (χ1) is 10.7. The molecule has 0 amide bonds. The van der Waals surface area contributed by atoms with E-state index in [1.807, 2.05) is 37.3 Å². The van der Waals surface area contributed by atoms with E-state index < -0.39 is 0 Å². The van der Waals surface area contributed by atoms with Gasteiger partial charge in [-0.3, -0.25) is 4.98 Å². The van der Waals surface area contributed by atoms with Crippen LogP contribution in [0.2, 0.25) is 0 Å². The summed E-state index contributed by atoms with van der Waals surface area (Å²) in [4.78, 5) is 4.08.